The van der Waals surface area contributed by atoms with Gasteiger partial charge in [0.25, 0.3) is 0 Å². The van der Waals surface area contributed by atoms with Gasteiger partial charge in [-0.2, -0.15) is 0 Å². The summed E-state index contributed by atoms with van der Waals surface area (Å²) in [4.78, 5) is 7.03. The van der Waals surface area contributed by atoms with Crippen molar-refractivity contribution >= 4 is 11.0 Å². The first kappa shape index (κ1) is 15.0. The molecule has 0 amide bonds. The van der Waals surface area contributed by atoms with Crippen LogP contribution in [0.3, 0.4) is 0 Å². The number of imidazole rings is 1. The van der Waals surface area contributed by atoms with Crippen molar-refractivity contribution in [1.29, 1.82) is 0 Å². The maximum atomic E-state index is 13.5. The Balaban J connectivity index is 1.41. The predicted molar refractivity (Wildman–Crippen MR) is 91.5 cm³/mol. The molecule has 1 saturated carbocycles. The van der Waals surface area contributed by atoms with Crippen molar-refractivity contribution in [3.05, 3.63) is 41.5 Å². The van der Waals surface area contributed by atoms with E-state index in [1.54, 1.807) is 0 Å². The molecule has 7 heteroatoms. The van der Waals surface area contributed by atoms with Crippen molar-refractivity contribution in [1.82, 2.24) is 29.2 Å². The van der Waals surface area contributed by atoms with Crippen LogP contribution in [-0.2, 0) is 26.2 Å². The number of hydrogen-bond donors (Lipinski definition) is 0. The smallest absolute Gasteiger partial charge is 0.147 e. The molecule has 0 unspecified atom stereocenters. The first-order valence-corrected chi connectivity index (χ1v) is 9.02. The Morgan fingerprint density at radius 3 is 2.88 bits per heavy atom. The Labute approximate surface area is 145 Å². The molecule has 0 radical (unpaired) electrons. The second kappa shape index (κ2) is 5.62. The molecular formula is C18H21FN6. The van der Waals surface area contributed by atoms with Gasteiger partial charge in [0.1, 0.15) is 23.3 Å². The van der Waals surface area contributed by atoms with Crippen LogP contribution in [0.15, 0.2) is 18.2 Å². The summed E-state index contributed by atoms with van der Waals surface area (Å²) >= 11 is 0. The van der Waals surface area contributed by atoms with Crippen molar-refractivity contribution in [3.63, 3.8) is 0 Å². The lowest BCUT2D eigenvalue weighted by atomic mass is 10.3. The van der Waals surface area contributed by atoms with Crippen molar-refractivity contribution < 1.29 is 4.39 Å². The number of hydrogen-bond acceptors (Lipinski definition) is 4. The second-order valence-electron chi connectivity index (χ2n) is 7.02. The van der Waals surface area contributed by atoms with Gasteiger partial charge in [0, 0.05) is 31.6 Å². The summed E-state index contributed by atoms with van der Waals surface area (Å²) in [5.74, 6) is 3.60. The third-order valence-corrected chi connectivity index (χ3v) is 5.27. The number of nitrogens with zero attached hydrogens (tertiary/aromatic N) is 6. The van der Waals surface area contributed by atoms with Crippen molar-refractivity contribution in [2.24, 2.45) is 0 Å². The lowest BCUT2D eigenvalue weighted by Crippen LogP contribution is -2.34. The zero-order valence-corrected chi connectivity index (χ0v) is 14.3. The number of halogens is 1. The van der Waals surface area contributed by atoms with Crippen LogP contribution in [0.4, 0.5) is 4.39 Å². The van der Waals surface area contributed by atoms with Gasteiger partial charge >= 0.3 is 0 Å². The molecule has 0 saturated heterocycles. The average molecular weight is 340 g/mol. The normalized spacial score (nSPS) is 18.0. The number of aryl methyl sites for hydroxylation is 1. The molecule has 3 heterocycles. The molecule has 0 N–H and O–H groups in total. The van der Waals surface area contributed by atoms with Crippen LogP contribution >= 0.6 is 0 Å². The summed E-state index contributed by atoms with van der Waals surface area (Å²) in [5, 5.41) is 8.80. The van der Waals surface area contributed by atoms with Crippen molar-refractivity contribution in [3.8, 4) is 0 Å². The summed E-state index contributed by atoms with van der Waals surface area (Å²) in [6.07, 6.45) is 2.50. The first-order chi connectivity index (χ1) is 12.2. The summed E-state index contributed by atoms with van der Waals surface area (Å²) in [6, 6.07) is 4.84. The molecule has 0 bridgehead atoms. The molecule has 2 aliphatic rings. The molecule has 5 rings (SSSR count). The highest BCUT2D eigenvalue weighted by Gasteiger charge is 2.32. The van der Waals surface area contributed by atoms with Gasteiger partial charge in [-0.3, -0.25) is 4.90 Å². The maximum Gasteiger partial charge on any atom is 0.147 e. The number of fused-ring (bicyclic) bond motifs is 2. The Bertz CT molecular complexity index is 939. The van der Waals surface area contributed by atoms with Gasteiger partial charge in [-0.15, -0.1) is 10.2 Å². The van der Waals surface area contributed by atoms with Gasteiger partial charge in [0.2, 0.25) is 0 Å². The minimum absolute atomic E-state index is 0.238. The van der Waals surface area contributed by atoms with E-state index in [4.69, 9.17) is 0 Å². The number of rotatable bonds is 4. The van der Waals surface area contributed by atoms with Crippen LogP contribution in [0.1, 0.15) is 43.2 Å². The minimum Gasteiger partial charge on any atom is -0.327 e. The first-order valence-electron chi connectivity index (χ1n) is 9.02. The molecule has 25 heavy (non-hydrogen) atoms. The van der Waals surface area contributed by atoms with E-state index < -0.39 is 0 Å². The topological polar surface area (TPSA) is 51.8 Å². The number of benzene rings is 1. The Kier molecular flexibility index (Phi) is 3.38. The van der Waals surface area contributed by atoms with E-state index in [0.29, 0.717) is 5.92 Å². The molecule has 1 aromatic carbocycles. The van der Waals surface area contributed by atoms with Crippen LogP contribution in [-0.4, -0.2) is 35.8 Å². The Hall–Kier alpha value is -2.28. The van der Waals surface area contributed by atoms with E-state index in [2.05, 4.69) is 36.1 Å². The van der Waals surface area contributed by atoms with E-state index >= 15 is 0 Å². The summed E-state index contributed by atoms with van der Waals surface area (Å²) in [7, 11) is 0. The average Bonchev–Trinajstić information content (AvgIpc) is 3.27. The largest absolute Gasteiger partial charge is 0.327 e. The zero-order chi connectivity index (χ0) is 17.0. The van der Waals surface area contributed by atoms with Gasteiger partial charge in [-0.25, -0.2) is 9.37 Å². The molecule has 3 aromatic rings. The molecule has 1 fully saturated rings. The lowest BCUT2D eigenvalue weighted by molar-refractivity contribution is 0.200. The summed E-state index contributed by atoms with van der Waals surface area (Å²) in [6.45, 7) is 6.37. The fourth-order valence-corrected chi connectivity index (χ4v) is 3.84. The van der Waals surface area contributed by atoms with E-state index in [0.717, 1.165) is 55.4 Å². The van der Waals surface area contributed by atoms with Crippen LogP contribution < -0.4 is 0 Å². The molecule has 130 valence electrons. The van der Waals surface area contributed by atoms with Crippen LogP contribution in [0.25, 0.3) is 11.0 Å². The van der Waals surface area contributed by atoms with E-state index in [1.807, 2.05) is 6.07 Å². The van der Waals surface area contributed by atoms with Crippen LogP contribution in [0.2, 0.25) is 0 Å². The quantitative estimate of drug-likeness (QED) is 0.733. The van der Waals surface area contributed by atoms with Crippen molar-refractivity contribution in [2.45, 2.75) is 51.9 Å². The van der Waals surface area contributed by atoms with Crippen LogP contribution in [0.5, 0.6) is 0 Å². The molecule has 1 aliphatic carbocycles. The van der Waals surface area contributed by atoms with Crippen LogP contribution in [0, 0.1) is 5.82 Å². The summed E-state index contributed by atoms with van der Waals surface area (Å²) < 4.78 is 18.0. The molecule has 0 spiro atoms. The molecule has 2 aromatic heterocycles. The SMILES string of the molecule is CCn1c(CN2CCn3c(nnc3C3CC3)C2)nc2cc(F)ccc21. The Morgan fingerprint density at radius 1 is 1.20 bits per heavy atom. The standard InChI is InChI=1S/C18H21FN6/c1-2-24-15-6-5-13(19)9-14(15)20-16(24)10-23-7-8-25-17(11-23)21-22-18(25)12-3-4-12/h5-6,9,12H,2-4,7-8,10-11H2,1H3. The van der Waals surface area contributed by atoms with E-state index in [-0.39, 0.29) is 5.82 Å². The van der Waals surface area contributed by atoms with Crippen molar-refractivity contribution in [2.75, 3.05) is 6.54 Å². The lowest BCUT2D eigenvalue weighted by Gasteiger charge is -2.27. The number of aromatic nitrogens is 5. The maximum absolute atomic E-state index is 13.5. The second-order valence-corrected chi connectivity index (χ2v) is 7.02. The highest BCUT2D eigenvalue weighted by Crippen LogP contribution is 2.39. The third-order valence-electron chi connectivity index (χ3n) is 5.27. The van der Waals surface area contributed by atoms with Gasteiger partial charge < -0.3 is 9.13 Å². The van der Waals surface area contributed by atoms with Gasteiger partial charge in [-0.05, 0) is 31.9 Å². The minimum atomic E-state index is -0.238. The summed E-state index contributed by atoms with van der Waals surface area (Å²) in [5.41, 5.74) is 1.73. The van der Waals surface area contributed by atoms with E-state index in [9.17, 15) is 4.39 Å². The fraction of sp³-hybridized carbons (Fsp3) is 0.500. The molecule has 0 atom stereocenters. The van der Waals surface area contributed by atoms with E-state index in [1.165, 1.54) is 30.8 Å². The monoisotopic (exact) mass is 340 g/mol. The highest BCUT2D eigenvalue weighted by molar-refractivity contribution is 5.76. The molecule has 1 aliphatic heterocycles. The zero-order valence-electron chi connectivity index (χ0n) is 14.3. The van der Waals surface area contributed by atoms with Gasteiger partial charge in [-0.1, -0.05) is 0 Å². The fourth-order valence-electron chi connectivity index (χ4n) is 3.84. The molecular weight excluding hydrogens is 319 g/mol. The predicted octanol–water partition coefficient (Wildman–Crippen LogP) is 2.68. The molecule has 6 nitrogen and oxygen atoms in total. The third kappa shape index (κ3) is 2.54. The van der Waals surface area contributed by atoms with Gasteiger partial charge in [0.05, 0.1) is 24.1 Å². The van der Waals surface area contributed by atoms with Gasteiger partial charge in [0.15, 0.2) is 0 Å². The highest BCUT2D eigenvalue weighted by atomic mass is 19.1. The Morgan fingerprint density at radius 2 is 2.08 bits per heavy atom.